The highest BCUT2D eigenvalue weighted by Gasteiger charge is 2.43. The summed E-state index contributed by atoms with van der Waals surface area (Å²) in [5.74, 6) is 0.451. The summed E-state index contributed by atoms with van der Waals surface area (Å²) in [6, 6.07) is 15.8. The summed E-state index contributed by atoms with van der Waals surface area (Å²) in [6.45, 7) is 2.11. The van der Waals surface area contributed by atoms with Crippen molar-refractivity contribution in [1.29, 1.82) is 0 Å². The van der Waals surface area contributed by atoms with Crippen LogP contribution in [0.25, 0.3) is 0 Å². The predicted octanol–water partition coefficient (Wildman–Crippen LogP) is 4.50. The minimum atomic E-state index is -0.0477. The molecular weight excluding hydrogens is 418 g/mol. The van der Waals surface area contributed by atoms with Crippen LogP contribution in [0.5, 0.6) is 0 Å². The Labute approximate surface area is 173 Å². The van der Waals surface area contributed by atoms with Gasteiger partial charge < -0.3 is 15.5 Å². The monoisotopic (exact) mass is 441 g/mol. The van der Waals surface area contributed by atoms with E-state index in [0.717, 1.165) is 48.1 Å². The summed E-state index contributed by atoms with van der Waals surface area (Å²) >= 11 is 3.49. The summed E-state index contributed by atoms with van der Waals surface area (Å²) in [5.41, 5.74) is 2.95. The maximum absolute atomic E-state index is 12.5. The van der Waals surface area contributed by atoms with Crippen LogP contribution in [0, 0.1) is 5.92 Å². The van der Waals surface area contributed by atoms with E-state index in [2.05, 4.69) is 38.7 Å². The van der Waals surface area contributed by atoms with Crippen LogP contribution in [-0.2, 0) is 11.3 Å². The summed E-state index contributed by atoms with van der Waals surface area (Å²) in [6.07, 6.45) is 3.04. The van der Waals surface area contributed by atoms with Gasteiger partial charge >= 0.3 is 6.03 Å². The second-order valence-corrected chi connectivity index (χ2v) is 8.46. The maximum atomic E-state index is 12.5. The van der Waals surface area contributed by atoms with Gasteiger partial charge in [0.05, 0.1) is 0 Å². The first kappa shape index (κ1) is 19.0. The lowest BCUT2D eigenvalue weighted by atomic mass is 10.1. The molecule has 0 aromatic heterocycles. The van der Waals surface area contributed by atoms with Crippen molar-refractivity contribution < 1.29 is 9.59 Å². The number of rotatable bonds is 5. The molecule has 3 amide bonds. The molecule has 2 N–H and O–H groups in total. The van der Waals surface area contributed by atoms with Crippen molar-refractivity contribution in [3.63, 3.8) is 0 Å². The van der Waals surface area contributed by atoms with Gasteiger partial charge in [0.1, 0.15) is 0 Å². The molecule has 2 aromatic rings. The topological polar surface area (TPSA) is 61.4 Å². The van der Waals surface area contributed by atoms with Crippen molar-refractivity contribution in [1.82, 2.24) is 10.2 Å². The number of carbonyl (C=O) groups is 2. The Balaban J connectivity index is 1.29. The first-order chi connectivity index (χ1) is 13.6. The lowest BCUT2D eigenvalue weighted by Gasteiger charge is -2.16. The highest BCUT2D eigenvalue weighted by atomic mass is 79.9. The highest BCUT2D eigenvalue weighted by Crippen LogP contribution is 2.47. The molecule has 5 nitrogen and oxygen atoms in total. The zero-order chi connectivity index (χ0) is 19.5. The van der Waals surface area contributed by atoms with Crippen LogP contribution in [0.1, 0.15) is 36.3 Å². The molecule has 1 aliphatic carbocycles. The number of nitrogens with zero attached hydrogens (tertiary/aromatic N) is 1. The van der Waals surface area contributed by atoms with E-state index in [1.54, 1.807) is 0 Å². The normalized spacial score (nSPS) is 20.7. The van der Waals surface area contributed by atoms with Gasteiger partial charge in [0.15, 0.2) is 0 Å². The Morgan fingerprint density at radius 1 is 1.07 bits per heavy atom. The zero-order valence-electron chi connectivity index (χ0n) is 15.7. The molecule has 1 saturated carbocycles. The third-order valence-electron chi connectivity index (χ3n) is 5.44. The van der Waals surface area contributed by atoms with E-state index >= 15 is 0 Å². The zero-order valence-corrected chi connectivity index (χ0v) is 17.2. The molecule has 2 unspecified atom stereocenters. The second-order valence-electron chi connectivity index (χ2n) is 7.55. The first-order valence-electron chi connectivity index (χ1n) is 9.78. The van der Waals surface area contributed by atoms with E-state index < -0.39 is 0 Å². The van der Waals surface area contributed by atoms with Gasteiger partial charge in [-0.2, -0.15) is 0 Å². The number of hydrogen-bond acceptors (Lipinski definition) is 2. The quantitative estimate of drug-likeness (QED) is 0.717. The van der Waals surface area contributed by atoms with Crippen molar-refractivity contribution in [3.8, 4) is 0 Å². The van der Waals surface area contributed by atoms with Crippen LogP contribution in [-0.4, -0.2) is 29.9 Å². The SMILES string of the molecule is O=C(NCc1cccc(NC(=O)N2CCCC2)c1)C1CC1c1cccc(Br)c1. The van der Waals surface area contributed by atoms with Gasteiger partial charge in [0.2, 0.25) is 5.91 Å². The average molecular weight is 442 g/mol. The maximum Gasteiger partial charge on any atom is 0.321 e. The number of carbonyl (C=O) groups excluding carboxylic acids is 2. The molecule has 2 aromatic carbocycles. The van der Waals surface area contributed by atoms with Gasteiger partial charge in [-0.05, 0) is 60.6 Å². The molecule has 1 aliphatic heterocycles. The largest absolute Gasteiger partial charge is 0.352 e. The van der Waals surface area contributed by atoms with Crippen molar-refractivity contribution >= 4 is 33.6 Å². The molecule has 2 atom stereocenters. The van der Waals surface area contributed by atoms with Crippen LogP contribution in [0.3, 0.4) is 0 Å². The smallest absolute Gasteiger partial charge is 0.321 e. The molecule has 0 bridgehead atoms. The van der Waals surface area contributed by atoms with E-state index in [1.807, 2.05) is 41.3 Å². The first-order valence-corrected chi connectivity index (χ1v) is 10.6. The summed E-state index contributed by atoms with van der Waals surface area (Å²) in [7, 11) is 0. The summed E-state index contributed by atoms with van der Waals surface area (Å²) < 4.78 is 1.05. The van der Waals surface area contributed by atoms with Gasteiger partial charge in [0.25, 0.3) is 0 Å². The van der Waals surface area contributed by atoms with E-state index in [9.17, 15) is 9.59 Å². The lowest BCUT2D eigenvalue weighted by Crippen LogP contribution is -2.32. The number of halogens is 1. The fraction of sp³-hybridized carbons (Fsp3) is 0.364. The van der Waals surface area contributed by atoms with Gasteiger partial charge in [0, 0.05) is 35.7 Å². The van der Waals surface area contributed by atoms with Gasteiger partial charge in [-0.1, -0.05) is 40.2 Å². The Morgan fingerprint density at radius 3 is 2.64 bits per heavy atom. The number of benzene rings is 2. The fourth-order valence-electron chi connectivity index (χ4n) is 3.79. The van der Waals surface area contributed by atoms with Crippen molar-refractivity contribution in [2.24, 2.45) is 5.92 Å². The van der Waals surface area contributed by atoms with E-state index in [1.165, 1.54) is 5.56 Å². The third-order valence-corrected chi connectivity index (χ3v) is 5.94. The molecule has 2 fully saturated rings. The van der Waals surface area contributed by atoms with Crippen molar-refractivity contribution in [2.45, 2.75) is 31.7 Å². The number of hydrogen-bond donors (Lipinski definition) is 2. The molecule has 4 rings (SSSR count). The number of likely N-dealkylation sites (tertiary alicyclic amines) is 1. The Bertz CT molecular complexity index is 880. The van der Waals surface area contributed by atoms with Crippen molar-refractivity contribution in [2.75, 3.05) is 18.4 Å². The van der Waals surface area contributed by atoms with Gasteiger partial charge in [-0.15, -0.1) is 0 Å². The van der Waals surface area contributed by atoms with Crippen LogP contribution in [0.4, 0.5) is 10.5 Å². The molecular formula is C22H24BrN3O2. The van der Waals surface area contributed by atoms with E-state index in [4.69, 9.17) is 0 Å². The van der Waals surface area contributed by atoms with E-state index in [-0.39, 0.29) is 17.9 Å². The third kappa shape index (κ3) is 4.55. The molecule has 0 radical (unpaired) electrons. The minimum absolute atomic E-state index is 0.0477. The van der Waals surface area contributed by atoms with Gasteiger partial charge in [-0.25, -0.2) is 4.79 Å². The summed E-state index contributed by atoms with van der Waals surface area (Å²) in [5, 5.41) is 5.99. The van der Waals surface area contributed by atoms with Crippen LogP contribution in [0.15, 0.2) is 53.0 Å². The molecule has 1 saturated heterocycles. The molecule has 1 heterocycles. The fourth-order valence-corrected chi connectivity index (χ4v) is 4.21. The minimum Gasteiger partial charge on any atom is -0.352 e. The Kier molecular flexibility index (Phi) is 5.67. The summed E-state index contributed by atoms with van der Waals surface area (Å²) in [4.78, 5) is 26.5. The van der Waals surface area contributed by atoms with Crippen LogP contribution >= 0.6 is 15.9 Å². The number of anilines is 1. The predicted molar refractivity (Wildman–Crippen MR) is 113 cm³/mol. The lowest BCUT2D eigenvalue weighted by molar-refractivity contribution is -0.122. The Morgan fingerprint density at radius 2 is 1.86 bits per heavy atom. The van der Waals surface area contributed by atoms with Crippen LogP contribution < -0.4 is 10.6 Å². The van der Waals surface area contributed by atoms with E-state index in [0.29, 0.717) is 12.5 Å². The molecule has 6 heteroatoms. The standard InChI is InChI=1S/C22H24BrN3O2/c23-17-7-4-6-16(12-17)19-13-20(19)21(27)24-14-15-5-3-8-18(11-15)25-22(28)26-9-1-2-10-26/h3-8,11-12,19-20H,1-2,9-10,13-14H2,(H,24,27)(H,25,28). The highest BCUT2D eigenvalue weighted by molar-refractivity contribution is 9.10. The molecule has 146 valence electrons. The average Bonchev–Trinajstić information content (AvgIpc) is 3.31. The molecule has 2 aliphatic rings. The molecule has 0 spiro atoms. The van der Waals surface area contributed by atoms with Crippen molar-refractivity contribution in [3.05, 3.63) is 64.1 Å². The number of urea groups is 1. The van der Waals surface area contributed by atoms with Gasteiger partial charge in [-0.3, -0.25) is 4.79 Å². The second kappa shape index (κ2) is 8.35. The Hall–Kier alpha value is -2.34. The number of nitrogens with one attached hydrogen (secondary N) is 2. The van der Waals surface area contributed by atoms with Crippen LogP contribution in [0.2, 0.25) is 0 Å². The number of amides is 3. The molecule has 28 heavy (non-hydrogen) atoms.